The summed E-state index contributed by atoms with van der Waals surface area (Å²) in [6.45, 7) is -0.837. The molecule has 0 spiro atoms. The molecule has 0 saturated heterocycles. The Kier molecular flexibility index (Phi) is 5.71. The van der Waals surface area contributed by atoms with E-state index in [1.165, 1.54) is 12.1 Å². The summed E-state index contributed by atoms with van der Waals surface area (Å²) in [5.74, 6) is -1.63. The number of nitrogens with one attached hydrogen (secondary N) is 1. The van der Waals surface area contributed by atoms with E-state index < -0.39 is 36.3 Å². The molecule has 0 unspecified atom stereocenters. The first kappa shape index (κ1) is 17.0. The summed E-state index contributed by atoms with van der Waals surface area (Å²) in [5, 5.41) is 10.8. The van der Waals surface area contributed by atoms with Crippen LogP contribution in [0.2, 0.25) is 0 Å². The first-order valence-corrected chi connectivity index (χ1v) is 5.92. The fourth-order valence-electron chi connectivity index (χ4n) is 1.69. The third kappa shape index (κ3) is 5.07. The molecule has 0 bridgehead atoms. The highest BCUT2D eigenvalue weighted by molar-refractivity contribution is 5.85. The van der Waals surface area contributed by atoms with Gasteiger partial charge in [0, 0.05) is 6.42 Å². The van der Waals surface area contributed by atoms with Crippen molar-refractivity contribution in [1.29, 1.82) is 0 Å². The number of rotatable bonds is 5. The van der Waals surface area contributed by atoms with Crippen LogP contribution in [0.15, 0.2) is 24.3 Å². The van der Waals surface area contributed by atoms with Gasteiger partial charge >= 0.3 is 12.1 Å². The van der Waals surface area contributed by atoms with Crippen LogP contribution < -0.4 is 5.32 Å². The Labute approximate surface area is 118 Å². The second-order valence-corrected chi connectivity index (χ2v) is 4.20. The minimum absolute atomic E-state index is 0.178. The fourth-order valence-corrected chi connectivity index (χ4v) is 1.69. The maximum Gasteiger partial charge on any atom is 0.416 e. The van der Waals surface area contributed by atoms with Crippen molar-refractivity contribution in [3.05, 3.63) is 35.4 Å². The molecule has 1 rings (SSSR count). The highest BCUT2D eigenvalue weighted by atomic mass is 19.4. The summed E-state index contributed by atoms with van der Waals surface area (Å²) in [4.78, 5) is 22.6. The number of halogens is 3. The van der Waals surface area contributed by atoms with Crippen molar-refractivity contribution in [2.24, 2.45) is 0 Å². The largest absolute Gasteiger partial charge is 0.467 e. The second-order valence-electron chi connectivity index (χ2n) is 4.20. The number of esters is 1. The Balaban J connectivity index is 2.93. The highest BCUT2D eigenvalue weighted by Crippen LogP contribution is 2.29. The van der Waals surface area contributed by atoms with E-state index in [2.05, 4.69) is 10.1 Å². The van der Waals surface area contributed by atoms with Crippen molar-refractivity contribution in [2.45, 2.75) is 18.6 Å². The van der Waals surface area contributed by atoms with E-state index in [1.807, 2.05) is 0 Å². The lowest BCUT2D eigenvalue weighted by molar-refractivity contribution is -0.145. The Morgan fingerprint density at radius 3 is 2.57 bits per heavy atom. The van der Waals surface area contributed by atoms with Crippen molar-refractivity contribution >= 4 is 11.9 Å². The summed E-state index contributed by atoms with van der Waals surface area (Å²) >= 11 is 0. The number of aliphatic hydroxyl groups excluding tert-OH is 1. The van der Waals surface area contributed by atoms with Crippen LogP contribution in [0.3, 0.4) is 0 Å². The van der Waals surface area contributed by atoms with Crippen LogP contribution in [0.1, 0.15) is 11.1 Å². The lowest BCUT2D eigenvalue weighted by Gasteiger charge is -2.16. The van der Waals surface area contributed by atoms with E-state index >= 15 is 0 Å². The molecule has 2 N–H and O–H groups in total. The maximum atomic E-state index is 12.6. The number of alkyl halides is 3. The van der Waals surface area contributed by atoms with E-state index in [0.717, 1.165) is 19.2 Å². The third-order valence-corrected chi connectivity index (χ3v) is 2.66. The Bertz CT molecular complexity index is 516. The van der Waals surface area contributed by atoms with E-state index in [-0.39, 0.29) is 12.0 Å². The molecule has 0 heterocycles. The normalized spacial score (nSPS) is 12.6. The molecule has 0 aliphatic carbocycles. The van der Waals surface area contributed by atoms with Crippen LogP contribution in [-0.2, 0) is 26.9 Å². The third-order valence-electron chi connectivity index (χ3n) is 2.66. The molecule has 116 valence electrons. The standard InChI is InChI=1S/C13H14F3NO4/c1-21-12(20)10(17-11(19)7-18)6-8-3-2-4-9(5-8)13(14,15)16/h2-5,10,18H,6-7H2,1H3,(H,17,19)/t10-/m1/s1. The molecule has 0 saturated carbocycles. The van der Waals surface area contributed by atoms with Gasteiger partial charge in [-0.1, -0.05) is 18.2 Å². The number of hydrogen-bond donors (Lipinski definition) is 2. The predicted molar refractivity (Wildman–Crippen MR) is 66.2 cm³/mol. The van der Waals surface area contributed by atoms with Crippen LogP contribution in [0.4, 0.5) is 13.2 Å². The minimum Gasteiger partial charge on any atom is -0.467 e. The molecule has 0 aliphatic rings. The summed E-state index contributed by atoms with van der Waals surface area (Å²) in [5.41, 5.74) is -0.643. The Morgan fingerprint density at radius 1 is 1.38 bits per heavy atom. The Hall–Kier alpha value is -2.09. The topological polar surface area (TPSA) is 75.6 Å². The van der Waals surface area contributed by atoms with Gasteiger partial charge in [-0.3, -0.25) is 4.79 Å². The predicted octanol–water partition coefficient (Wildman–Crippen LogP) is 0.898. The van der Waals surface area contributed by atoms with Crippen molar-refractivity contribution in [3.8, 4) is 0 Å². The molecule has 1 aromatic rings. The monoisotopic (exact) mass is 305 g/mol. The van der Waals surface area contributed by atoms with Crippen molar-refractivity contribution in [1.82, 2.24) is 5.32 Å². The van der Waals surface area contributed by atoms with Gasteiger partial charge in [0.25, 0.3) is 0 Å². The molecule has 0 fully saturated rings. The van der Waals surface area contributed by atoms with Crippen LogP contribution >= 0.6 is 0 Å². The lowest BCUT2D eigenvalue weighted by Crippen LogP contribution is -2.44. The first-order valence-electron chi connectivity index (χ1n) is 5.92. The first-order chi connectivity index (χ1) is 9.77. The van der Waals surface area contributed by atoms with E-state index in [1.54, 1.807) is 0 Å². The van der Waals surface area contributed by atoms with Gasteiger partial charge in [-0.25, -0.2) is 4.79 Å². The molecule has 8 heteroatoms. The van der Waals surface area contributed by atoms with Gasteiger partial charge in [-0.05, 0) is 11.6 Å². The van der Waals surface area contributed by atoms with Crippen LogP contribution in [-0.4, -0.2) is 36.7 Å². The maximum absolute atomic E-state index is 12.6. The smallest absolute Gasteiger partial charge is 0.416 e. The van der Waals surface area contributed by atoms with Crippen molar-refractivity contribution < 1.29 is 32.6 Å². The molecule has 1 atom stereocenters. The van der Waals surface area contributed by atoms with Gasteiger partial charge in [0.2, 0.25) is 5.91 Å². The second kappa shape index (κ2) is 7.07. The number of ether oxygens (including phenoxy) is 1. The van der Waals surface area contributed by atoms with Crippen molar-refractivity contribution in [2.75, 3.05) is 13.7 Å². The minimum atomic E-state index is -4.49. The zero-order valence-corrected chi connectivity index (χ0v) is 11.1. The number of carbonyl (C=O) groups excluding carboxylic acids is 2. The zero-order valence-electron chi connectivity index (χ0n) is 11.1. The van der Waals surface area contributed by atoms with Gasteiger partial charge in [0.1, 0.15) is 12.6 Å². The molecule has 0 radical (unpaired) electrons. The van der Waals surface area contributed by atoms with Gasteiger partial charge in [0.05, 0.1) is 12.7 Å². The fraction of sp³-hybridized carbons (Fsp3) is 0.385. The number of benzene rings is 1. The number of carbonyl (C=O) groups is 2. The van der Waals surface area contributed by atoms with Gasteiger partial charge in [0.15, 0.2) is 0 Å². The lowest BCUT2D eigenvalue weighted by atomic mass is 10.0. The Morgan fingerprint density at radius 2 is 2.05 bits per heavy atom. The number of methoxy groups -OCH3 is 1. The number of amides is 1. The van der Waals surface area contributed by atoms with Gasteiger partial charge < -0.3 is 15.2 Å². The summed E-state index contributed by atoms with van der Waals surface area (Å²) < 4.78 is 42.3. The quantitative estimate of drug-likeness (QED) is 0.793. The molecule has 5 nitrogen and oxygen atoms in total. The molecule has 1 aromatic carbocycles. The molecular formula is C13H14F3NO4. The average molecular weight is 305 g/mol. The van der Waals surface area contributed by atoms with E-state index in [0.29, 0.717) is 0 Å². The highest BCUT2D eigenvalue weighted by Gasteiger charge is 2.31. The molecule has 0 aromatic heterocycles. The van der Waals surface area contributed by atoms with Crippen molar-refractivity contribution in [3.63, 3.8) is 0 Å². The number of hydrogen-bond acceptors (Lipinski definition) is 4. The van der Waals surface area contributed by atoms with Crippen LogP contribution in [0.5, 0.6) is 0 Å². The SMILES string of the molecule is COC(=O)[C@@H](Cc1cccc(C(F)(F)F)c1)NC(=O)CO. The van der Waals surface area contributed by atoms with Crippen LogP contribution in [0, 0.1) is 0 Å². The molecule has 1 amide bonds. The summed E-state index contributed by atoms with van der Waals surface area (Å²) in [7, 11) is 1.09. The zero-order chi connectivity index (χ0) is 16.0. The van der Waals surface area contributed by atoms with E-state index in [4.69, 9.17) is 5.11 Å². The summed E-state index contributed by atoms with van der Waals surface area (Å²) in [6.07, 6.45) is -4.67. The van der Waals surface area contributed by atoms with Crippen LogP contribution in [0.25, 0.3) is 0 Å². The molecule has 0 aliphatic heterocycles. The molecular weight excluding hydrogens is 291 g/mol. The number of aliphatic hydroxyl groups is 1. The molecule has 21 heavy (non-hydrogen) atoms. The van der Waals surface area contributed by atoms with Gasteiger partial charge in [-0.15, -0.1) is 0 Å². The van der Waals surface area contributed by atoms with Gasteiger partial charge in [-0.2, -0.15) is 13.2 Å². The summed E-state index contributed by atoms with van der Waals surface area (Å²) in [6, 6.07) is 3.24. The average Bonchev–Trinajstić information content (AvgIpc) is 2.45. The van der Waals surface area contributed by atoms with E-state index in [9.17, 15) is 22.8 Å².